The van der Waals surface area contributed by atoms with Gasteiger partial charge in [0.25, 0.3) is 5.91 Å². The minimum Gasteiger partial charge on any atom is -0.496 e. The van der Waals surface area contributed by atoms with E-state index < -0.39 is 6.04 Å². The predicted molar refractivity (Wildman–Crippen MR) is 80.3 cm³/mol. The van der Waals surface area contributed by atoms with Crippen molar-refractivity contribution in [3.8, 4) is 5.75 Å². The third-order valence-electron chi connectivity index (χ3n) is 3.51. The molecule has 2 N–H and O–H groups in total. The molecule has 2 rings (SSSR count). The molecular formula is C16H22N2O3. The molecule has 0 aromatic heterocycles. The third kappa shape index (κ3) is 3.97. The van der Waals surface area contributed by atoms with E-state index in [4.69, 9.17) is 4.74 Å². The van der Waals surface area contributed by atoms with Gasteiger partial charge in [0.15, 0.2) is 0 Å². The van der Waals surface area contributed by atoms with Gasteiger partial charge in [-0.3, -0.25) is 9.59 Å². The van der Waals surface area contributed by atoms with Crippen LogP contribution < -0.4 is 15.4 Å². The van der Waals surface area contributed by atoms with Gasteiger partial charge in [-0.15, -0.1) is 0 Å². The lowest BCUT2D eigenvalue weighted by atomic mass is 10.0. The van der Waals surface area contributed by atoms with E-state index in [0.29, 0.717) is 11.3 Å². The number of amides is 2. The number of carbonyl (C=O) groups is 2. The molecule has 5 nitrogen and oxygen atoms in total. The number of carbonyl (C=O) groups excluding carboxylic acids is 2. The van der Waals surface area contributed by atoms with Gasteiger partial charge in [-0.05, 0) is 30.9 Å². The van der Waals surface area contributed by atoms with Crippen LogP contribution in [0.5, 0.6) is 5.75 Å². The highest BCUT2D eigenvalue weighted by atomic mass is 16.5. The smallest absolute Gasteiger partial charge is 0.255 e. The van der Waals surface area contributed by atoms with E-state index in [1.807, 2.05) is 13.8 Å². The standard InChI is InChI=1S/C16H22N2O3/c1-10(2)14(16(20)17-11-8-9-11)18-15(19)12-6-4-5-7-13(12)21-3/h4-7,10-11,14H,8-9H2,1-3H3,(H,17,20)(H,18,19)/t14-/m1/s1. The molecule has 0 aliphatic heterocycles. The topological polar surface area (TPSA) is 67.4 Å². The van der Waals surface area contributed by atoms with Crippen molar-refractivity contribution in [1.82, 2.24) is 10.6 Å². The maximum absolute atomic E-state index is 12.4. The van der Waals surface area contributed by atoms with Gasteiger partial charge in [0.05, 0.1) is 12.7 Å². The molecule has 0 bridgehead atoms. The summed E-state index contributed by atoms with van der Waals surface area (Å²) in [6.07, 6.45) is 2.05. The van der Waals surface area contributed by atoms with Gasteiger partial charge in [-0.1, -0.05) is 26.0 Å². The van der Waals surface area contributed by atoms with E-state index in [2.05, 4.69) is 10.6 Å². The molecule has 114 valence electrons. The highest BCUT2D eigenvalue weighted by molar-refractivity contribution is 5.99. The van der Waals surface area contributed by atoms with Gasteiger partial charge in [0, 0.05) is 6.04 Å². The van der Waals surface area contributed by atoms with Gasteiger partial charge in [0.1, 0.15) is 11.8 Å². The molecule has 5 heteroatoms. The maximum atomic E-state index is 12.4. The number of methoxy groups -OCH3 is 1. The first-order chi connectivity index (χ1) is 10.0. The molecule has 1 atom stereocenters. The first-order valence-corrected chi connectivity index (χ1v) is 7.27. The van der Waals surface area contributed by atoms with Crippen molar-refractivity contribution in [2.45, 2.75) is 38.8 Å². The lowest BCUT2D eigenvalue weighted by molar-refractivity contribution is -0.124. The summed E-state index contributed by atoms with van der Waals surface area (Å²) in [5.41, 5.74) is 0.435. The first-order valence-electron chi connectivity index (χ1n) is 7.27. The quantitative estimate of drug-likeness (QED) is 0.838. The molecule has 0 radical (unpaired) electrons. The zero-order valence-electron chi connectivity index (χ0n) is 12.7. The summed E-state index contributed by atoms with van der Waals surface area (Å²) in [6, 6.07) is 6.72. The molecule has 0 spiro atoms. The largest absolute Gasteiger partial charge is 0.496 e. The number of benzene rings is 1. The zero-order chi connectivity index (χ0) is 15.4. The number of ether oxygens (including phenoxy) is 1. The molecule has 2 amide bonds. The first kappa shape index (κ1) is 15.4. The Kier molecular flexibility index (Phi) is 4.83. The predicted octanol–water partition coefficient (Wildman–Crippen LogP) is 1.73. The van der Waals surface area contributed by atoms with Gasteiger partial charge >= 0.3 is 0 Å². The van der Waals surface area contributed by atoms with Crippen molar-refractivity contribution in [1.29, 1.82) is 0 Å². The fraction of sp³-hybridized carbons (Fsp3) is 0.500. The van der Waals surface area contributed by atoms with Crippen LogP contribution >= 0.6 is 0 Å². The Morgan fingerprint density at radius 1 is 1.24 bits per heavy atom. The Bertz CT molecular complexity index is 524. The number of rotatable bonds is 6. The van der Waals surface area contributed by atoms with Gasteiger partial charge in [-0.25, -0.2) is 0 Å². The minimum atomic E-state index is -0.539. The third-order valence-corrected chi connectivity index (χ3v) is 3.51. The molecule has 0 heterocycles. The maximum Gasteiger partial charge on any atom is 0.255 e. The van der Waals surface area contributed by atoms with Crippen molar-refractivity contribution in [3.63, 3.8) is 0 Å². The van der Waals surface area contributed by atoms with Crippen LogP contribution in [-0.2, 0) is 4.79 Å². The molecule has 0 saturated heterocycles. The summed E-state index contributed by atoms with van der Waals surface area (Å²) in [6.45, 7) is 3.83. The van der Waals surface area contributed by atoms with Crippen LogP contribution in [-0.4, -0.2) is 31.0 Å². The second-order valence-corrected chi connectivity index (χ2v) is 5.68. The van der Waals surface area contributed by atoms with Crippen molar-refractivity contribution >= 4 is 11.8 Å². The Morgan fingerprint density at radius 2 is 1.90 bits per heavy atom. The fourth-order valence-corrected chi connectivity index (χ4v) is 2.10. The van der Waals surface area contributed by atoms with Crippen LogP contribution in [0.15, 0.2) is 24.3 Å². The van der Waals surface area contributed by atoms with Crippen LogP contribution in [0.3, 0.4) is 0 Å². The molecular weight excluding hydrogens is 268 g/mol. The summed E-state index contributed by atoms with van der Waals surface area (Å²) in [5, 5.41) is 5.75. The van der Waals surface area contributed by atoms with Crippen LogP contribution in [0, 0.1) is 5.92 Å². The van der Waals surface area contributed by atoms with Crippen LogP contribution in [0.4, 0.5) is 0 Å². The molecule has 1 aliphatic rings. The average molecular weight is 290 g/mol. The summed E-state index contributed by atoms with van der Waals surface area (Å²) >= 11 is 0. The lowest BCUT2D eigenvalue weighted by Crippen LogP contribution is -2.50. The van der Waals surface area contributed by atoms with E-state index in [1.54, 1.807) is 24.3 Å². The number of para-hydroxylation sites is 1. The number of hydrogen-bond donors (Lipinski definition) is 2. The van der Waals surface area contributed by atoms with E-state index in [-0.39, 0.29) is 23.8 Å². The molecule has 1 saturated carbocycles. The Balaban J connectivity index is 2.08. The SMILES string of the molecule is COc1ccccc1C(=O)N[C@@H](C(=O)NC1CC1)C(C)C. The van der Waals surface area contributed by atoms with E-state index >= 15 is 0 Å². The molecule has 1 aliphatic carbocycles. The molecule has 0 unspecified atom stereocenters. The van der Waals surface area contributed by atoms with E-state index in [1.165, 1.54) is 7.11 Å². The highest BCUT2D eigenvalue weighted by Gasteiger charge is 2.30. The summed E-state index contributed by atoms with van der Waals surface area (Å²) in [7, 11) is 1.52. The monoisotopic (exact) mass is 290 g/mol. The Morgan fingerprint density at radius 3 is 2.48 bits per heavy atom. The normalized spacial score (nSPS) is 15.4. The molecule has 1 aromatic rings. The van der Waals surface area contributed by atoms with E-state index in [9.17, 15) is 9.59 Å². The van der Waals surface area contributed by atoms with Crippen molar-refractivity contribution in [2.75, 3.05) is 7.11 Å². The van der Waals surface area contributed by atoms with Crippen molar-refractivity contribution in [3.05, 3.63) is 29.8 Å². The van der Waals surface area contributed by atoms with Crippen LogP contribution in [0.25, 0.3) is 0 Å². The van der Waals surface area contributed by atoms with Gasteiger partial charge in [0.2, 0.25) is 5.91 Å². The second-order valence-electron chi connectivity index (χ2n) is 5.68. The van der Waals surface area contributed by atoms with Crippen LogP contribution in [0.2, 0.25) is 0 Å². The summed E-state index contributed by atoms with van der Waals surface area (Å²) < 4.78 is 5.18. The molecule has 21 heavy (non-hydrogen) atoms. The second kappa shape index (κ2) is 6.61. The lowest BCUT2D eigenvalue weighted by Gasteiger charge is -2.22. The summed E-state index contributed by atoms with van der Waals surface area (Å²) in [5.74, 6) is 0.107. The number of nitrogens with one attached hydrogen (secondary N) is 2. The van der Waals surface area contributed by atoms with Gasteiger partial charge in [-0.2, -0.15) is 0 Å². The van der Waals surface area contributed by atoms with Crippen molar-refractivity contribution < 1.29 is 14.3 Å². The molecule has 1 aromatic carbocycles. The van der Waals surface area contributed by atoms with Gasteiger partial charge < -0.3 is 15.4 Å². The zero-order valence-corrected chi connectivity index (χ0v) is 12.7. The average Bonchev–Trinajstić information content (AvgIpc) is 3.27. The minimum absolute atomic E-state index is 0.0161. The van der Waals surface area contributed by atoms with Crippen LogP contribution in [0.1, 0.15) is 37.0 Å². The number of hydrogen-bond acceptors (Lipinski definition) is 3. The molecule has 1 fully saturated rings. The Hall–Kier alpha value is -2.04. The Labute approximate surface area is 125 Å². The van der Waals surface area contributed by atoms with Crippen molar-refractivity contribution in [2.24, 2.45) is 5.92 Å². The fourth-order valence-electron chi connectivity index (χ4n) is 2.10. The highest BCUT2D eigenvalue weighted by Crippen LogP contribution is 2.20. The summed E-state index contributed by atoms with van der Waals surface area (Å²) in [4.78, 5) is 24.6. The van der Waals surface area contributed by atoms with E-state index in [0.717, 1.165) is 12.8 Å².